The highest BCUT2D eigenvalue weighted by Crippen LogP contribution is 2.53. The quantitative estimate of drug-likeness (QED) is 0.547. The summed E-state index contributed by atoms with van der Waals surface area (Å²) in [6.45, 7) is 4.50. The minimum absolute atomic E-state index is 0.502. The van der Waals surface area contributed by atoms with Gasteiger partial charge in [-0.1, -0.05) is 13.8 Å². The molecule has 1 nitrogen and oxygen atoms in total. The van der Waals surface area contributed by atoms with Crippen LogP contribution in [0.4, 0.5) is 13.2 Å². The van der Waals surface area contributed by atoms with Gasteiger partial charge in [0.1, 0.15) is 0 Å². The second-order valence-corrected chi connectivity index (χ2v) is 3.21. The van der Waals surface area contributed by atoms with Crippen LogP contribution in [0.1, 0.15) is 20.8 Å². The minimum Gasteiger partial charge on any atom is -0.356 e. The molecule has 0 aromatic heterocycles. The van der Waals surface area contributed by atoms with Gasteiger partial charge < -0.3 is 4.74 Å². The van der Waals surface area contributed by atoms with Gasteiger partial charge in [-0.15, -0.1) is 0 Å². The summed E-state index contributed by atoms with van der Waals surface area (Å²) in [4.78, 5) is 0. The van der Waals surface area contributed by atoms with E-state index in [2.05, 4.69) is 4.74 Å². The summed E-state index contributed by atoms with van der Waals surface area (Å²) in [6.07, 6.45) is -4.90. The lowest BCUT2D eigenvalue weighted by Crippen LogP contribution is -2.39. The van der Waals surface area contributed by atoms with Gasteiger partial charge in [0, 0.05) is 0 Å². The molecule has 1 heterocycles. The Labute approximate surface area is 63.5 Å². The van der Waals surface area contributed by atoms with Crippen molar-refractivity contribution in [2.45, 2.75) is 38.7 Å². The molecule has 0 amide bonds. The highest BCUT2D eigenvalue weighted by molar-refractivity contribution is 5.08. The van der Waals surface area contributed by atoms with Crippen molar-refractivity contribution < 1.29 is 17.9 Å². The number of alkyl halides is 3. The van der Waals surface area contributed by atoms with Crippen LogP contribution in [0, 0.1) is 5.92 Å². The van der Waals surface area contributed by atoms with E-state index >= 15 is 0 Å². The first kappa shape index (κ1) is 8.84. The molecule has 1 rings (SSSR count). The smallest absolute Gasteiger partial charge is 0.356 e. The van der Waals surface area contributed by atoms with Crippen LogP contribution in [-0.2, 0) is 4.74 Å². The highest BCUT2D eigenvalue weighted by Gasteiger charge is 2.72. The fourth-order valence-corrected chi connectivity index (χ4v) is 1.49. The molecule has 66 valence electrons. The number of hydrogen-bond donors (Lipinski definition) is 0. The van der Waals surface area contributed by atoms with E-state index in [9.17, 15) is 13.2 Å². The van der Waals surface area contributed by atoms with E-state index in [0.29, 0.717) is 0 Å². The highest BCUT2D eigenvalue weighted by atomic mass is 19.4. The standard InChI is InChI=1S/C7H11F3O/c1-4(2)6(5(3)11-6)7(8,9)10/h4-5H,1-3H3/t5-,6+/m1/s1. The molecule has 0 radical (unpaired) electrons. The van der Waals surface area contributed by atoms with Gasteiger partial charge in [-0.3, -0.25) is 0 Å². The van der Waals surface area contributed by atoms with Crippen molar-refractivity contribution in [1.29, 1.82) is 0 Å². The van der Waals surface area contributed by atoms with Gasteiger partial charge >= 0.3 is 6.18 Å². The Bertz CT molecular complexity index is 164. The van der Waals surface area contributed by atoms with Crippen LogP contribution < -0.4 is 0 Å². The van der Waals surface area contributed by atoms with Crippen LogP contribution in [0.5, 0.6) is 0 Å². The second-order valence-electron chi connectivity index (χ2n) is 3.21. The van der Waals surface area contributed by atoms with Crippen molar-refractivity contribution in [1.82, 2.24) is 0 Å². The fraction of sp³-hybridized carbons (Fsp3) is 1.00. The predicted molar refractivity (Wildman–Crippen MR) is 34.2 cm³/mol. The van der Waals surface area contributed by atoms with Gasteiger partial charge in [-0.25, -0.2) is 0 Å². The Morgan fingerprint density at radius 1 is 1.36 bits per heavy atom. The van der Waals surface area contributed by atoms with E-state index in [1.54, 1.807) is 0 Å². The Balaban J connectivity index is 2.80. The third-order valence-corrected chi connectivity index (χ3v) is 2.22. The molecule has 1 saturated heterocycles. The predicted octanol–water partition coefficient (Wildman–Crippen LogP) is 2.36. The van der Waals surface area contributed by atoms with Crippen molar-refractivity contribution in [2.75, 3.05) is 0 Å². The summed E-state index contributed by atoms with van der Waals surface area (Å²) < 4.78 is 41.4. The zero-order valence-corrected chi connectivity index (χ0v) is 6.70. The van der Waals surface area contributed by atoms with E-state index in [0.717, 1.165) is 0 Å². The van der Waals surface area contributed by atoms with Crippen molar-refractivity contribution in [3.05, 3.63) is 0 Å². The van der Waals surface area contributed by atoms with Crippen molar-refractivity contribution in [3.8, 4) is 0 Å². The lowest BCUT2D eigenvalue weighted by atomic mass is 9.92. The van der Waals surface area contributed by atoms with E-state index < -0.39 is 23.8 Å². The maximum Gasteiger partial charge on any atom is 0.420 e. The minimum atomic E-state index is -4.22. The number of halogens is 3. The third-order valence-electron chi connectivity index (χ3n) is 2.22. The molecule has 11 heavy (non-hydrogen) atoms. The molecule has 0 N–H and O–H groups in total. The third kappa shape index (κ3) is 1.04. The van der Waals surface area contributed by atoms with Gasteiger partial charge in [0.15, 0.2) is 5.60 Å². The van der Waals surface area contributed by atoms with E-state index in [1.165, 1.54) is 20.8 Å². The van der Waals surface area contributed by atoms with Crippen LogP contribution in [0.25, 0.3) is 0 Å². The molecular weight excluding hydrogens is 157 g/mol. The second kappa shape index (κ2) is 2.12. The molecule has 1 aliphatic rings. The SMILES string of the molecule is CC(C)[C@]1(C(F)(F)F)O[C@@H]1C. The Kier molecular flexibility index (Phi) is 1.71. The van der Waals surface area contributed by atoms with E-state index in [4.69, 9.17) is 0 Å². The molecule has 1 aliphatic heterocycles. The normalized spacial score (nSPS) is 37.9. The molecular formula is C7H11F3O. The lowest BCUT2D eigenvalue weighted by Gasteiger charge is -2.19. The average Bonchev–Trinajstić information content (AvgIpc) is 2.39. The summed E-state index contributed by atoms with van der Waals surface area (Å²) in [5.74, 6) is -0.502. The Hall–Kier alpha value is -0.250. The Morgan fingerprint density at radius 2 is 1.73 bits per heavy atom. The molecule has 0 aromatic rings. The van der Waals surface area contributed by atoms with Gasteiger partial charge in [-0.2, -0.15) is 13.2 Å². The number of epoxide rings is 1. The van der Waals surface area contributed by atoms with Crippen molar-refractivity contribution in [2.24, 2.45) is 5.92 Å². The summed E-state index contributed by atoms with van der Waals surface area (Å²) in [5.41, 5.74) is -1.85. The Morgan fingerprint density at radius 3 is 1.73 bits per heavy atom. The van der Waals surface area contributed by atoms with E-state index in [-0.39, 0.29) is 0 Å². The number of rotatable bonds is 1. The van der Waals surface area contributed by atoms with Crippen LogP contribution >= 0.6 is 0 Å². The van der Waals surface area contributed by atoms with Gasteiger partial charge in [0.25, 0.3) is 0 Å². The molecule has 2 atom stereocenters. The van der Waals surface area contributed by atoms with Crippen LogP contribution in [0.2, 0.25) is 0 Å². The van der Waals surface area contributed by atoms with Gasteiger partial charge in [0.2, 0.25) is 0 Å². The molecule has 0 saturated carbocycles. The first-order chi connectivity index (χ1) is 4.82. The molecule has 0 bridgehead atoms. The van der Waals surface area contributed by atoms with Crippen molar-refractivity contribution in [3.63, 3.8) is 0 Å². The molecule has 1 fully saturated rings. The maximum absolute atomic E-state index is 12.3. The topological polar surface area (TPSA) is 12.5 Å². The first-order valence-corrected chi connectivity index (χ1v) is 3.57. The molecule has 0 unspecified atom stereocenters. The zero-order valence-electron chi connectivity index (χ0n) is 6.70. The monoisotopic (exact) mass is 168 g/mol. The molecule has 0 spiro atoms. The maximum atomic E-state index is 12.3. The summed E-state index contributed by atoms with van der Waals surface area (Å²) in [6, 6.07) is 0. The summed E-state index contributed by atoms with van der Waals surface area (Å²) in [5, 5.41) is 0. The van der Waals surface area contributed by atoms with Crippen molar-refractivity contribution >= 4 is 0 Å². The fourth-order valence-electron chi connectivity index (χ4n) is 1.49. The molecule has 0 aromatic carbocycles. The lowest BCUT2D eigenvalue weighted by molar-refractivity contribution is -0.195. The summed E-state index contributed by atoms with van der Waals surface area (Å²) >= 11 is 0. The summed E-state index contributed by atoms with van der Waals surface area (Å²) in [7, 11) is 0. The first-order valence-electron chi connectivity index (χ1n) is 3.57. The largest absolute Gasteiger partial charge is 0.420 e. The number of hydrogen-bond acceptors (Lipinski definition) is 1. The van der Waals surface area contributed by atoms with E-state index in [1.807, 2.05) is 0 Å². The average molecular weight is 168 g/mol. The van der Waals surface area contributed by atoms with Crippen LogP contribution in [-0.4, -0.2) is 17.9 Å². The zero-order chi connectivity index (χ0) is 8.86. The van der Waals surface area contributed by atoms with Crippen LogP contribution in [0.15, 0.2) is 0 Å². The number of ether oxygens (including phenoxy) is 1. The van der Waals surface area contributed by atoms with Gasteiger partial charge in [-0.05, 0) is 12.8 Å². The molecule has 4 heteroatoms. The van der Waals surface area contributed by atoms with Crippen LogP contribution in [0.3, 0.4) is 0 Å². The van der Waals surface area contributed by atoms with Gasteiger partial charge in [0.05, 0.1) is 6.10 Å². The molecule has 0 aliphatic carbocycles.